The van der Waals surface area contributed by atoms with Gasteiger partial charge in [-0.25, -0.2) is 0 Å². The number of para-hydroxylation sites is 2. The smallest absolute Gasteiger partial charge is 0.243 e. The van der Waals surface area contributed by atoms with Gasteiger partial charge in [-0.15, -0.1) is 0 Å². The Hall–Kier alpha value is -3.07. The van der Waals surface area contributed by atoms with Crippen LogP contribution in [0.5, 0.6) is 0 Å². The first-order valence-corrected chi connectivity index (χ1v) is 8.00. The molecule has 0 heterocycles. The van der Waals surface area contributed by atoms with Gasteiger partial charge in [0.15, 0.2) is 0 Å². The number of hydrogen-bond acceptors (Lipinski definition) is 2. The van der Waals surface area contributed by atoms with Crippen LogP contribution < -0.4 is 10.2 Å². The van der Waals surface area contributed by atoms with Gasteiger partial charge in [0.05, 0.1) is 6.54 Å². The lowest BCUT2D eigenvalue weighted by atomic mass is 10.2. The van der Waals surface area contributed by atoms with Crippen LogP contribution in [-0.2, 0) is 11.3 Å². The lowest BCUT2D eigenvalue weighted by Crippen LogP contribution is -2.32. The number of rotatable bonds is 6. The molecule has 0 atom stereocenters. The lowest BCUT2D eigenvalue weighted by molar-refractivity contribution is -0.115. The largest absolute Gasteiger partial charge is 0.358 e. The van der Waals surface area contributed by atoms with Crippen molar-refractivity contribution in [3.63, 3.8) is 0 Å². The highest BCUT2D eigenvalue weighted by atomic mass is 16.2. The minimum absolute atomic E-state index is 0.0269. The second kappa shape index (κ2) is 7.97. The van der Waals surface area contributed by atoms with E-state index < -0.39 is 0 Å². The van der Waals surface area contributed by atoms with Crippen LogP contribution in [0, 0.1) is 0 Å². The zero-order valence-corrected chi connectivity index (χ0v) is 13.4. The quantitative estimate of drug-likeness (QED) is 0.734. The molecule has 0 bridgehead atoms. The van der Waals surface area contributed by atoms with E-state index in [1.54, 1.807) is 0 Å². The van der Waals surface area contributed by atoms with Crippen molar-refractivity contribution in [1.82, 2.24) is 0 Å². The van der Waals surface area contributed by atoms with Crippen molar-refractivity contribution in [3.8, 4) is 0 Å². The number of nitrogens with one attached hydrogen (secondary N) is 1. The van der Waals surface area contributed by atoms with Gasteiger partial charge in [-0.2, -0.15) is 0 Å². The molecule has 0 saturated heterocycles. The zero-order chi connectivity index (χ0) is 16.6. The van der Waals surface area contributed by atoms with Crippen molar-refractivity contribution in [2.24, 2.45) is 0 Å². The molecule has 0 aliphatic carbocycles. The Morgan fingerprint density at radius 1 is 0.750 bits per heavy atom. The van der Waals surface area contributed by atoms with E-state index in [2.05, 4.69) is 22.3 Å². The summed E-state index contributed by atoms with van der Waals surface area (Å²) >= 11 is 0. The van der Waals surface area contributed by atoms with Gasteiger partial charge in [0.2, 0.25) is 5.91 Å². The third-order valence-corrected chi connectivity index (χ3v) is 3.73. The van der Waals surface area contributed by atoms with Crippen LogP contribution >= 0.6 is 0 Å². The van der Waals surface area contributed by atoms with Crippen LogP contribution in [0.3, 0.4) is 0 Å². The van der Waals surface area contributed by atoms with E-state index in [1.807, 2.05) is 78.9 Å². The average molecular weight is 316 g/mol. The summed E-state index contributed by atoms with van der Waals surface area (Å²) in [5.41, 5.74) is 3.02. The van der Waals surface area contributed by atoms with Crippen molar-refractivity contribution in [3.05, 3.63) is 96.6 Å². The Morgan fingerprint density at radius 2 is 1.29 bits per heavy atom. The van der Waals surface area contributed by atoms with Gasteiger partial charge in [0.25, 0.3) is 0 Å². The molecule has 0 unspecified atom stereocenters. The zero-order valence-electron chi connectivity index (χ0n) is 13.4. The van der Waals surface area contributed by atoms with E-state index in [0.717, 1.165) is 11.4 Å². The van der Waals surface area contributed by atoms with E-state index >= 15 is 0 Å². The fourth-order valence-corrected chi connectivity index (χ4v) is 2.58. The molecule has 24 heavy (non-hydrogen) atoms. The molecular weight excluding hydrogens is 296 g/mol. The molecule has 0 saturated carbocycles. The van der Waals surface area contributed by atoms with E-state index in [-0.39, 0.29) is 5.91 Å². The number of benzene rings is 3. The number of amides is 1. The van der Waals surface area contributed by atoms with Gasteiger partial charge in [-0.1, -0.05) is 66.7 Å². The Bertz CT molecular complexity index is 758. The van der Waals surface area contributed by atoms with Crippen LogP contribution in [0.15, 0.2) is 91.0 Å². The third kappa shape index (κ3) is 4.46. The maximum atomic E-state index is 12.4. The highest BCUT2D eigenvalue weighted by Gasteiger charge is 2.12. The number of anilines is 2. The van der Waals surface area contributed by atoms with Gasteiger partial charge >= 0.3 is 0 Å². The monoisotopic (exact) mass is 316 g/mol. The van der Waals surface area contributed by atoms with Crippen molar-refractivity contribution >= 4 is 17.3 Å². The van der Waals surface area contributed by atoms with Crippen LogP contribution in [0.1, 0.15) is 5.56 Å². The van der Waals surface area contributed by atoms with Gasteiger partial charge in [-0.3, -0.25) is 4.79 Å². The lowest BCUT2D eigenvalue weighted by Gasteiger charge is -2.24. The molecule has 0 fully saturated rings. The van der Waals surface area contributed by atoms with Gasteiger partial charge in [0.1, 0.15) is 0 Å². The maximum Gasteiger partial charge on any atom is 0.243 e. The van der Waals surface area contributed by atoms with Crippen molar-refractivity contribution < 1.29 is 4.79 Å². The topological polar surface area (TPSA) is 32.3 Å². The molecule has 3 heteroatoms. The van der Waals surface area contributed by atoms with Crippen LogP contribution in [-0.4, -0.2) is 12.5 Å². The van der Waals surface area contributed by atoms with Gasteiger partial charge in [0, 0.05) is 17.9 Å². The fraction of sp³-hybridized carbons (Fsp3) is 0.0952. The molecule has 0 aromatic heterocycles. The minimum atomic E-state index is -0.0269. The SMILES string of the molecule is O=C(CN(Cc1ccccc1)c1ccccc1)Nc1ccccc1. The Labute approximate surface area is 142 Å². The first-order valence-electron chi connectivity index (χ1n) is 8.00. The third-order valence-electron chi connectivity index (χ3n) is 3.73. The molecule has 0 aliphatic heterocycles. The van der Waals surface area contributed by atoms with Crippen LogP contribution in [0.2, 0.25) is 0 Å². The van der Waals surface area contributed by atoms with Gasteiger partial charge < -0.3 is 10.2 Å². The molecule has 0 spiro atoms. The summed E-state index contributed by atoms with van der Waals surface area (Å²) in [6, 6.07) is 29.7. The number of carbonyl (C=O) groups is 1. The highest BCUT2D eigenvalue weighted by Crippen LogP contribution is 2.17. The molecule has 0 radical (unpaired) electrons. The van der Waals surface area contributed by atoms with E-state index in [0.29, 0.717) is 13.1 Å². The average Bonchev–Trinajstić information content (AvgIpc) is 2.63. The predicted molar refractivity (Wildman–Crippen MR) is 99.0 cm³/mol. The Balaban J connectivity index is 1.73. The summed E-state index contributed by atoms with van der Waals surface area (Å²) in [6.45, 7) is 0.987. The molecule has 3 aromatic carbocycles. The molecule has 3 rings (SSSR count). The molecular formula is C21H20N2O. The molecule has 120 valence electrons. The summed E-state index contributed by atoms with van der Waals surface area (Å²) in [6.07, 6.45) is 0. The summed E-state index contributed by atoms with van der Waals surface area (Å²) in [7, 11) is 0. The Morgan fingerprint density at radius 3 is 1.92 bits per heavy atom. The summed E-state index contributed by atoms with van der Waals surface area (Å²) < 4.78 is 0. The minimum Gasteiger partial charge on any atom is -0.358 e. The predicted octanol–water partition coefficient (Wildman–Crippen LogP) is 4.33. The molecule has 1 amide bonds. The number of hydrogen-bond donors (Lipinski definition) is 1. The van der Waals surface area contributed by atoms with Crippen molar-refractivity contribution in [2.75, 3.05) is 16.8 Å². The van der Waals surface area contributed by atoms with Crippen molar-refractivity contribution in [2.45, 2.75) is 6.54 Å². The fourth-order valence-electron chi connectivity index (χ4n) is 2.58. The highest BCUT2D eigenvalue weighted by molar-refractivity contribution is 5.94. The van der Waals surface area contributed by atoms with Crippen molar-refractivity contribution in [1.29, 1.82) is 0 Å². The van der Waals surface area contributed by atoms with Gasteiger partial charge in [-0.05, 0) is 29.8 Å². The first kappa shape index (κ1) is 15.8. The van der Waals surface area contributed by atoms with Crippen LogP contribution in [0.25, 0.3) is 0 Å². The van der Waals surface area contributed by atoms with Crippen LogP contribution in [0.4, 0.5) is 11.4 Å². The Kier molecular flexibility index (Phi) is 5.25. The second-order valence-corrected chi connectivity index (χ2v) is 5.59. The van der Waals surface area contributed by atoms with E-state index in [1.165, 1.54) is 5.56 Å². The maximum absolute atomic E-state index is 12.4. The number of nitrogens with zero attached hydrogens (tertiary/aromatic N) is 1. The standard InChI is InChI=1S/C21H20N2O/c24-21(22-19-12-6-2-7-13-19)17-23(20-14-8-3-9-15-20)16-18-10-4-1-5-11-18/h1-15H,16-17H2,(H,22,24). The number of carbonyl (C=O) groups excluding carboxylic acids is 1. The molecule has 3 nitrogen and oxygen atoms in total. The van der Waals surface area contributed by atoms with E-state index in [4.69, 9.17) is 0 Å². The first-order chi connectivity index (χ1) is 11.8. The molecule has 0 aliphatic rings. The summed E-state index contributed by atoms with van der Waals surface area (Å²) in [5.74, 6) is -0.0269. The summed E-state index contributed by atoms with van der Waals surface area (Å²) in [5, 5.41) is 2.95. The molecule has 1 N–H and O–H groups in total. The summed E-state index contributed by atoms with van der Waals surface area (Å²) in [4.78, 5) is 14.5. The van der Waals surface area contributed by atoms with E-state index in [9.17, 15) is 4.79 Å². The second-order valence-electron chi connectivity index (χ2n) is 5.59. The molecule has 3 aromatic rings. The normalized spacial score (nSPS) is 10.2.